The van der Waals surface area contributed by atoms with Gasteiger partial charge in [-0.1, -0.05) is 30.0 Å². The maximum Gasteiger partial charge on any atom is 0.241 e. The molecule has 1 aromatic carbocycles. The topological polar surface area (TPSA) is 58.7 Å². The molecule has 0 saturated heterocycles. The highest BCUT2D eigenvalue weighted by molar-refractivity contribution is 8.00. The summed E-state index contributed by atoms with van der Waals surface area (Å²) in [5, 5.41) is 11.4. The number of nitrogens with zero attached hydrogens (tertiary/aromatic N) is 3. The average Bonchev–Trinajstić information content (AvgIpc) is 3.33. The zero-order valence-electron chi connectivity index (χ0n) is 15.7. The van der Waals surface area contributed by atoms with E-state index in [1.54, 1.807) is 0 Å². The molecule has 5 heteroatoms. The van der Waals surface area contributed by atoms with E-state index >= 15 is 0 Å². The number of aryl methyl sites for hydroxylation is 3. The minimum absolute atomic E-state index is 0.0792. The summed E-state index contributed by atoms with van der Waals surface area (Å²) < 4.78 is 1.93. The zero-order valence-corrected chi connectivity index (χ0v) is 16.5. The van der Waals surface area contributed by atoms with Gasteiger partial charge in [0.2, 0.25) is 5.91 Å². The highest BCUT2D eigenvalue weighted by atomic mass is 32.2. The first kappa shape index (κ1) is 17.5. The fourth-order valence-corrected chi connectivity index (χ4v) is 5.44. The summed E-state index contributed by atoms with van der Waals surface area (Å²) in [7, 11) is 0. The average molecular weight is 388 g/mol. The van der Waals surface area contributed by atoms with E-state index in [1.165, 1.54) is 40.4 Å². The van der Waals surface area contributed by atoms with Crippen LogP contribution in [0.4, 0.5) is 0 Å². The molecule has 0 N–H and O–H groups in total. The van der Waals surface area contributed by atoms with E-state index in [9.17, 15) is 10.1 Å². The van der Waals surface area contributed by atoms with Crippen LogP contribution in [-0.2, 0) is 25.7 Å². The molecular formula is C23H21N3OS. The standard InChI is InChI=1S/C23H21N3OS/c24-13-16-12-15-6-5-9-19(15)25-23(16)28-14-22(27)26-20-10-3-1-7-17(20)18-8-2-4-11-21(18)26/h1,3,7,10,12H,2,4-6,8-9,11,14H2. The second-order valence-corrected chi connectivity index (χ2v) is 8.54. The SMILES string of the molecule is N#Cc1cc2c(nc1SCC(=O)n1c3c(c4ccccc41)CCCC3)CCC2. The second kappa shape index (κ2) is 7.10. The largest absolute Gasteiger partial charge is 0.283 e. The third-order valence-corrected chi connectivity index (χ3v) is 6.87. The summed E-state index contributed by atoms with van der Waals surface area (Å²) in [6.07, 6.45) is 7.40. The molecule has 0 bridgehead atoms. The quantitative estimate of drug-likeness (QED) is 0.611. The van der Waals surface area contributed by atoms with E-state index in [0.717, 1.165) is 49.7 Å². The van der Waals surface area contributed by atoms with Gasteiger partial charge >= 0.3 is 0 Å². The number of carbonyl (C=O) groups is 1. The Morgan fingerprint density at radius 2 is 2.00 bits per heavy atom. The van der Waals surface area contributed by atoms with Crippen molar-refractivity contribution in [3.8, 4) is 6.07 Å². The lowest BCUT2D eigenvalue weighted by Crippen LogP contribution is -2.18. The van der Waals surface area contributed by atoms with Crippen molar-refractivity contribution < 1.29 is 4.79 Å². The Morgan fingerprint density at radius 3 is 2.89 bits per heavy atom. The van der Waals surface area contributed by atoms with Crippen LogP contribution in [0.5, 0.6) is 0 Å². The van der Waals surface area contributed by atoms with Gasteiger partial charge < -0.3 is 0 Å². The van der Waals surface area contributed by atoms with E-state index in [-0.39, 0.29) is 5.91 Å². The van der Waals surface area contributed by atoms with Crippen LogP contribution >= 0.6 is 11.8 Å². The third kappa shape index (κ3) is 2.84. The van der Waals surface area contributed by atoms with Crippen LogP contribution in [0.25, 0.3) is 10.9 Å². The lowest BCUT2D eigenvalue weighted by molar-refractivity contribution is 0.0943. The summed E-state index contributed by atoms with van der Waals surface area (Å²) in [4.78, 5) is 17.9. The maximum absolute atomic E-state index is 13.2. The molecule has 2 aliphatic rings. The van der Waals surface area contributed by atoms with Crippen LogP contribution in [-0.4, -0.2) is 21.2 Å². The van der Waals surface area contributed by atoms with Crippen molar-refractivity contribution in [3.05, 3.63) is 58.4 Å². The Labute approximate surface area is 168 Å². The van der Waals surface area contributed by atoms with Crippen LogP contribution in [0.1, 0.15) is 52.1 Å². The van der Waals surface area contributed by atoms with E-state index < -0.39 is 0 Å². The highest BCUT2D eigenvalue weighted by Crippen LogP contribution is 2.33. The smallest absolute Gasteiger partial charge is 0.241 e. The Hall–Kier alpha value is -2.58. The molecule has 0 unspecified atom stereocenters. The van der Waals surface area contributed by atoms with Gasteiger partial charge in [-0.2, -0.15) is 5.26 Å². The molecule has 2 heterocycles. The normalized spacial score (nSPS) is 15.2. The Morgan fingerprint density at radius 1 is 1.14 bits per heavy atom. The van der Waals surface area contributed by atoms with E-state index in [0.29, 0.717) is 16.3 Å². The van der Waals surface area contributed by atoms with Crippen molar-refractivity contribution in [2.45, 2.75) is 50.0 Å². The first-order valence-corrected chi connectivity index (χ1v) is 10.9. The summed E-state index contributed by atoms with van der Waals surface area (Å²) >= 11 is 1.40. The number of rotatable bonds is 3. The molecule has 28 heavy (non-hydrogen) atoms. The molecule has 0 aliphatic heterocycles. The summed E-state index contributed by atoms with van der Waals surface area (Å²) in [5.41, 5.74) is 6.42. The Kier molecular flexibility index (Phi) is 4.44. The van der Waals surface area contributed by atoms with Gasteiger partial charge in [0, 0.05) is 16.8 Å². The lowest BCUT2D eigenvalue weighted by Gasteiger charge is -2.15. The minimum Gasteiger partial charge on any atom is -0.283 e. The van der Waals surface area contributed by atoms with Gasteiger partial charge in [0.05, 0.1) is 16.8 Å². The Bertz CT molecular complexity index is 1140. The number of aromatic nitrogens is 2. The van der Waals surface area contributed by atoms with Crippen molar-refractivity contribution in [1.29, 1.82) is 5.26 Å². The lowest BCUT2D eigenvalue weighted by atomic mass is 9.96. The van der Waals surface area contributed by atoms with Gasteiger partial charge in [0.15, 0.2) is 0 Å². The first-order chi connectivity index (χ1) is 13.8. The van der Waals surface area contributed by atoms with Crippen LogP contribution < -0.4 is 0 Å². The third-order valence-electron chi connectivity index (χ3n) is 5.90. The van der Waals surface area contributed by atoms with Gasteiger partial charge in [-0.05, 0) is 68.2 Å². The van der Waals surface area contributed by atoms with E-state index in [1.807, 2.05) is 22.8 Å². The molecule has 0 spiro atoms. The maximum atomic E-state index is 13.2. The van der Waals surface area contributed by atoms with Crippen LogP contribution in [0.3, 0.4) is 0 Å². The van der Waals surface area contributed by atoms with Crippen LogP contribution in [0.2, 0.25) is 0 Å². The number of benzene rings is 1. The molecule has 2 aromatic heterocycles. The number of thioether (sulfide) groups is 1. The molecule has 140 valence electrons. The molecule has 2 aliphatic carbocycles. The molecule has 4 nitrogen and oxygen atoms in total. The first-order valence-electron chi connectivity index (χ1n) is 9.96. The number of para-hydroxylation sites is 1. The summed E-state index contributed by atoms with van der Waals surface area (Å²) in [6.45, 7) is 0. The van der Waals surface area contributed by atoms with Gasteiger partial charge in [-0.3, -0.25) is 9.36 Å². The van der Waals surface area contributed by atoms with Crippen LogP contribution in [0, 0.1) is 11.3 Å². The number of hydrogen-bond acceptors (Lipinski definition) is 4. The van der Waals surface area contributed by atoms with E-state index in [2.05, 4.69) is 18.2 Å². The predicted molar refractivity (Wildman–Crippen MR) is 111 cm³/mol. The molecule has 0 amide bonds. The molecule has 0 atom stereocenters. The van der Waals surface area contributed by atoms with Crippen molar-refractivity contribution in [1.82, 2.24) is 9.55 Å². The van der Waals surface area contributed by atoms with Gasteiger partial charge in [0.25, 0.3) is 0 Å². The van der Waals surface area contributed by atoms with Crippen LogP contribution in [0.15, 0.2) is 35.4 Å². The molecule has 5 rings (SSSR count). The summed E-state index contributed by atoms with van der Waals surface area (Å²) in [5.74, 6) is 0.376. The predicted octanol–water partition coefficient (Wildman–Crippen LogP) is 4.71. The highest BCUT2D eigenvalue weighted by Gasteiger charge is 2.24. The van der Waals surface area contributed by atoms with Crippen molar-refractivity contribution in [2.75, 3.05) is 5.75 Å². The Balaban J connectivity index is 1.47. The monoisotopic (exact) mass is 387 g/mol. The molecule has 0 saturated carbocycles. The minimum atomic E-state index is 0.0792. The number of pyridine rings is 1. The molecular weight excluding hydrogens is 366 g/mol. The van der Waals surface area contributed by atoms with Crippen molar-refractivity contribution in [3.63, 3.8) is 0 Å². The van der Waals surface area contributed by atoms with Crippen molar-refractivity contribution in [2.24, 2.45) is 0 Å². The number of hydrogen-bond donors (Lipinski definition) is 0. The number of nitriles is 1. The fourth-order valence-electron chi connectivity index (χ4n) is 4.62. The molecule has 0 fully saturated rings. The number of carbonyl (C=O) groups excluding carboxylic acids is 1. The van der Waals surface area contributed by atoms with E-state index in [4.69, 9.17) is 4.98 Å². The van der Waals surface area contributed by atoms with Crippen molar-refractivity contribution >= 4 is 28.6 Å². The number of fused-ring (bicyclic) bond motifs is 4. The second-order valence-electron chi connectivity index (χ2n) is 7.58. The molecule has 3 aromatic rings. The van der Waals surface area contributed by atoms with Gasteiger partial charge in [0.1, 0.15) is 11.1 Å². The van der Waals surface area contributed by atoms with Gasteiger partial charge in [-0.15, -0.1) is 0 Å². The van der Waals surface area contributed by atoms with Gasteiger partial charge in [-0.25, -0.2) is 4.98 Å². The fraction of sp³-hybridized carbons (Fsp3) is 0.348. The zero-order chi connectivity index (χ0) is 19.1. The summed E-state index contributed by atoms with van der Waals surface area (Å²) in [6, 6.07) is 12.5. The molecule has 0 radical (unpaired) electrons.